The summed E-state index contributed by atoms with van der Waals surface area (Å²) in [5.41, 5.74) is 6.84. The van der Waals surface area contributed by atoms with Crippen LogP contribution in [0, 0.1) is 0 Å². The zero-order valence-corrected chi connectivity index (χ0v) is 21.1. The van der Waals surface area contributed by atoms with E-state index in [0.29, 0.717) is 6.04 Å². The summed E-state index contributed by atoms with van der Waals surface area (Å²) >= 11 is 0. The fourth-order valence-corrected chi connectivity index (χ4v) is 5.45. The number of unbranched alkanes of at least 4 members (excludes halogenated alkanes) is 1. The van der Waals surface area contributed by atoms with Crippen molar-refractivity contribution in [1.29, 1.82) is 0 Å². The molecule has 6 nitrogen and oxygen atoms in total. The van der Waals surface area contributed by atoms with Crippen LogP contribution in [-0.4, -0.2) is 52.0 Å². The monoisotopic (exact) mass is 478 g/mol. The minimum atomic E-state index is 0.403. The zero-order valence-electron chi connectivity index (χ0n) is 21.1. The third-order valence-corrected chi connectivity index (χ3v) is 7.54. The fourth-order valence-electron chi connectivity index (χ4n) is 5.45. The number of hydrogen-bond donors (Lipinski definition) is 3. The smallest absolute Gasteiger partial charge is 0.124 e. The van der Waals surface area contributed by atoms with Gasteiger partial charge >= 0.3 is 0 Å². The van der Waals surface area contributed by atoms with E-state index in [1.165, 1.54) is 40.3 Å². The van der Waals surface area contributed by atoms with Gasteiger partial charge in [0.1, 0.15) is 11.6 Å². The number of aryl methyl sites for hydroxylation is 1. The summed E-state index contributed by atoms with van der Waals surface area (Å²) in [6.45, 7) is 2.19. The normalized spacial score (nSPS) is 16.4. The first kappa shape index (κ1) is 23.0. The summed E-state index contributed by atoms with van der Waals surface area (Å²) in [6, 6.07) is 20.3. The van der Waals surface area contributed by atoms with Gasteiger partial charge in [0.25, 0.3) is 0 Å². The molecule has 6 heteroatoms. The average molecular weight is 479 g/mol. The van der Waals surface area contributed by atoms with E-state index in [2.05, 4.69) is 86.8 Å². The Labute approximate surface area is 212 Å². The quantitative estimate of drug-likeness (QED) is 0.236. The second kappa shape index (κ2) is 9.88. The van der Waals surface area contributed by atoms with Gasteiger partial charge in [-0.15, -0.1) is 0 Å². The predicted molar refractivity (Wildman–Crippen MR) is 148 cm³/mol. The molecule has 5 aromatic rings. The van der Waals surface area contributed by atoms with Crippen LogP contribution in [0.1, 0.15) is 43.4 Å². The van der Waals surface area contributed by atoms with Crippen molar-refractivity contribution in [2.75, 3.05) is 27.2 Å². The second-order valence-corrected chi connectivity index (χ2v) is 10.1. The summed E-state index contributed by atoms with van der Waals surface area (Å²) in [4.78, 5) is 19.0. The van der Waals surface area contributed by atoms with E-state index < -0.39 is 0 Å². The molecule has 184 valence electrons. The minimum Gasteiger partial charge on any atom is -0.342 e. The van der Waals surface area contributed by atoms with Crippen LogP contribution in [0.25, 0.3) is 44.2 Å². The number of nitrogens with one attached hydrogen (secondary N) is 3. The summed E-state index contributed by atoms with van der Waals surface area (Å²) in [5, 5.41) is 5.67. The Morgan fingerprint density at radius 1 is 0.944 bits per heavy atom. The van der Waals surface area contributed by atoms with Crippen molar-refractivity contribution in [3.05, 3.63) is 72.4 Å². The third kappa shape index (κ3) is 4.54. The molecule has 6 rings (SSSR count). The molecule has 36 heavy (non-hydrogen) atoms. The first-order valence-electron chi connectivity index (χ1n) is 13.1. The molecule has 1 fully saturated rings. The summed E-state index contributed by atoms with van der Waals surface area (Å²) < 4.78 is 0. The molecule has 0 bridgehead atoms. The van der Waals surface area contributed by atoms with Gasteiger partial charge < -0.3 is 15.3 Å². The van der Waals surface area contributed by atoms with E-state index in [-0.39, 0.29) is 0 Å². The lowest BCUT2D eigenvalue weighted by Crippen LogP contribution is -2.18. The molecule has 1 aliphatic rings. The molecular formula is C30H34N6. The Kier molecular flexibility index (Phi) is 6.30. The lowest BCUT2D eigenvalue weighted by molar-refractivity contribution is 0.307. The first-order chi connectivity index (χ1) is 17.7. The largest absolute Gasteiger partial charge is 0.342 e. The van der Waals surface area contributed by atoms with Gasteiger partial charge in [0.2, 0.25) is 0 Å². The zero-order chi connectivity index (χ0) is 24.5. The van der Waals surface area contributed by atoms with Crippen LogP contribution in [-0.2, 0) is 6.42 Å². The molecule has 1 atom stereocenters. The van der Waals surface area contributed by atoms with E-state index in [4.69, 9.17) is 4.98 Å². The lowest BCUT2D eigenvalue weighted by atomic mass is 9.99. The summed E-state index contributed by atoms with van der Waals surface area (Å²) in [7, 11) is 4.19. The van der Waals surface area contributed by atoms with Crippen molar-refractivity contribution in [3.63, 3.8) is 0 Å². The highest BCUT2D eigenvalue weighted by atomic mass is 15.2. The van der Waals surface area contributed by atoms with E-state index >= 15 is 0 Å². The topological polar surface area (TPSA) is 72.6 Å². The number of H-pyrrole nitrogens is 2. The van der Waals surface area contributed by atoms with Crippen LogP contribution < -0.4 is 5.32 Å². The number of rotatable bonds is 8. The second-order valence-electron chi connectivity index (χ2n) is 10.1. The van der Waals surface area contributed by atoms with Crippen LogP contribution in [0.3, 0.4) is 0 Å². The maximum atomic E-state index is 4.89. The number of fused-ring (bicyclic) bond motifs is 2. The number of nitrogens with zero attached hydrogens (tertiary/aromatic N) is 3. The Balaban J connectivity index is 1.23. The molecule has 3 heterocycles. The molecule has 3 N–H and O–H groups in total. The number of hydrogen-bond acceptors (Lipinski definition) is 4. The van der Waals surface area contributed by atoms with Gasteiger partial charge in [0, 0.05) is 12.0 Å². The molecule has 0 saturated carbocycles. The van der Waals surface area contributed by atoms with Crippen molar-refractivity contribution in [3.8, 4) is 22.4 Å². The van der Waals surface area contributed by atoms with Crippen molar-refractivity contribution >= 4 is 21.8 Å². The first-order valence-corrected chi connectivity index (χ1v) is 13.1. The third-order valence-electron chi connectivity index (χ3n) is 7.54. The van der Waals surface area contributed by atoms with E-state index in [9.17, 15) is 0 Å². The molecule has 1 unspecified atom stereocenters. The number of aromatic nitrogens is 4. The van der Waals surface area contributed by atoms with Crippen molar-refractivity contribution in [2.45, 2.75) is 38.1 Å². The van der Waals surface area contributed by atoms with Gasteiger partial charge in [-0.1, -0.05) is 30.3 Å². The Hall–Kier alpha value is -3.48. The molecular weight excluding hydrogens is 444 g/mol. The predicted octanol–water partition coefficient (Wildman–Crippen LogP) is 6.08. The molecule has 0 amide bonds. The SMILES string of the molecule is CNCCCCc1ncc(-c2ccc3cc(-c4ccc5nc(C6CCCN6C)[nH]c5c4)ccc3c2)[nH]1. The van der Waals surface area contributed by atoms with E-state index in [1.807, 2.05) is 13.2 Å². The van der Waals surface area contributed by atoms with Gasteiger partial charge in [-0.25, -0.2) is 9.97 Å². The highest BCUT2D eigenvalue weighted by Crippen LogP contribution is 2.32. The Morgan fingerprint density at radius 2 is 1.72 bits per heavy atom. The average Bonchev–Trinajstić information content (AvgIpc) is 3.65. The van der Waals surface area contributed by atoms with Crippen LogP contribution >= 0.6 is 0 Å². The molecule has 1 aliphatic heterocycles. The van der Waals surface area contributed by atoms with Gasteiger partial charge in [-0.2, -0.15) is 0 Å². The van der Waals surface area contributed by atoms with Crippen molar-refractivity contribution in [1.82, 2.24) is 30.2 Å². The maximum Gasteiger partial charge on any atom is 0.124 e. The number of likely N-dealkylation sites (tertiary alicyclic amines) is 1. The summed E-state index contributed by atoms with van der Waals surface area (Å²) in [6.07, 6.45) is 7.65. The Morgan fingerprint density at radius 3 is 2.53 bits per heavy atom. The molecule has 2 aromatic heterocycles. The van der Waals surface area contributed by atoms with Gasteiger partial charge in [-0.3, -0.25) is 4.90 Å². The van der Waals surface area contributed by atoms with Crippen LogP contribution in [0.4, 0.5) is 0 Å². The molecule has 3 aromatic carbocycles. The van der Waals surface area contributed by atoms with Gasteiger partial charge in [0.15, 0.2) is 0 Å². The maximum absolute atomic E-state index is 4.89. The summed E-state index contributed by atoms with van der Waals surface area (Å²) in [5.74, 6) is 2.15. The highest BCUT2D eigenvalue weighted by Gasteiger charge is 2.25. The fraction of sp³-hybridized carbons (Fsp3) is 0.333. The highest BCUT2D eigenvalue weighted by molar-refractivity contribution is 5.91. The molecule has 0 aliphatic carbocycles. The van der Waals surface area contributed by atoms with Crippen LogP contribution in [0.5, 0.6) is 0 Å². The van der Waals surface area contributed by atoms with E-state index in [1.54, 1.807) is 0 Å². The molecule has 0 radical (unpaired) electrons. The molecule has 1 saturated heterocycles. The van der Waals surface area contributed by atoms with Crippen LogP contribution in [0.15, 0.2) is 60.8 Å². The number of benzene rings is 3. The van der Waals surface area contributed by atoms with Gasteiger partial charge in [-0.05, 0) is 99.0 Å². The van der Waals surface area contributed by atoms with Gasteiger partial charge in [0.05, 0.1) is 29.0 Å². The van der Waals surface area contributed by atoms with E-state index in [0.717, 1.165) is 60.7 Å². The van der Waals surface area contributed by atoms with Crippen LogP contribution in [0.2, 0.25) is 0 Å². The minimum absolute atomic E-state index is 0.403. The number of aromatic amines is 2. The molecule has 0 spiro atoms. The standard InChI is InChI=1S/C30H34N6/c1-31-14-4-3-7-29-32-19-27(33-29)24-11-10-20-16-21(8-9-22(20)17-24)23-12-13-25-26(18-23)35-30(34-25)28-6-5-15-36(28)2/h8-13,16-19,28,31H,3-7,14-15H2,1-2H3,(H,32,33)(H,34,35). The van der Waals surface area contributed by atoms with Crippen molar-refractivity contribution < 1.29 is 0 Å². The number of imidazole rings is 2. The Bertz CT molecular complexity index is 1500. The van der Waals surface area contributed by atoms with Crippen molar-refractivity contribution in [2.24, 2.45) is 0 Å². The lowest BCUT2D eigenvalue weighted by Gasteiger charge is -2.16.